The maximum atomic E-state index is 14.2. The van der Waals surface area contributed by atoms with E-state index in [9.17, 15) is 29.1 Å². The maximum Gasteiger partial charge on any atom is 0.306 e. The van der Waals surface area contributed by atoms with E-state index >= 15 is 0 Å². The van der Waals surface area contributed by atoms with E-state index in [1.165, 1.54) is 116 Å². The molecule has 12 rings (SSSR count). The molecule has 0 spiro atoms. The van der Waals surface area contributed by atoms with Gasteiger partial charge in [0, 0.05) is 61.2 Å². The Morgan fingerprint density at radius 2 is 0.962 bits per heavy atom. The molecule has 4 saturated carbocycles. The number of fused-ring (bicyclic) bond motifs is 10. The number of hydrogen-bond acceptors (Lipinski definition) is 12. The van der Waals surface area contributed by atoms with E-state index in [4.69, 9.17) is 14.6 Å². The first kappa shape index (κ1) is 56.0. The van der Waals surface area contributed by atoms with Crippen molar-refractivity contribution >= 4 is 45.5 Å². The number of esters is 1. The molecule has 6 heterocycles. The number of aliphatic carboxylic acids is 1. The normalized spacial score (nSPS) is 30.8. The van der Waals surface area contributed by atoms with Gasteiger partial charge in [0.05, 0.1) is 41.5 Å². The number of carboxylic acid groups (broad SMARTS) is 1. The van der Waals surface area contributed by atoms with Crippen molar-refractivity contribution < 1.29 is 29.1 Å². The summed E-state index contributed by atoms with van der Waals surface area (Å²) in [6, 6.07) is 19.1. The summed E-state index contributed by atoms with van der Waals surface area (Å²) < 4.78 is 8.83. The summed E-state index contributed by atoms with van der Waals surface area (Å²) in [5.41, 5.74) is 3.07. The molecule has 0 amide bonds. The van der Waals surface area contributed by atoms with Gasteiger partial charge in [-0.1, -0.05) is 88.2 Å². The minimum atomic E-state index is -0.938. The van der Waals surface area contributed by atoms with Crippen LogP contribution in [0, 0.1) is 23.7 Å². The molecule has 4 aliphatic heterocycles. The van der Waals surface area contributed by atoms with Crippen molar-refractivity contribution in [2.45, 2.75) is 237 Å². The molecule has 4 saturated heterocycles. The maximum absolute atomic E-state index is 14.2. The van der Waals surface area contributed by atoms with Gasteiger partial charge in [-0.05, 0) is 152 Å². The van der Waals surface area contributed by atoms with Crippen LogP contribution < -0.4 is 11.1 Å². The number of aromatic nitrogens is 4. The first-order chi connectivity index (χ1) is 37.5. The summed E-state index contributed by atoms with van der Waals surface area (Å²) >= 11 is 0. The van der Waals surface area contributed by atoms with Gasteiger partial charge in [0.15, 0.2) is 17.2 Å². The third kappa shape index (κ3) is 11.9. The highest BCUT2D eigenvalue weighted by Crippen LogP contribution is 2.49. The monoisotopic (exact) mass is 1070 g/mol. The average Bonchev–Trinajstić information content (AvgIpc) is 3.57. The minimum Gasteiger partial charge on any atom is -0.481 e. The van der Waals surface area contributed by atoms with E-state index in [-0.39, 0.29) is 80.1 Å². The molecule has 15 heteroatoms. The SMILES string of the molecule is C.CCO/N=C(\CCC(=O)O)c1nc2ccccc2n(C2C[C@H]3CCC[C@@H](C2)N3C2CC3CCCC(C3)C2)c1=O.CCOC(=O)CCC(=O)c1nc2ccccc2n(C2C[C@H]3CCC[C@@H](C2)N3C2CC3CCCC(C3)C2)c1=O. The number of Topliss-reactive ketones (excluding diaryl/α,β-unsaturated/α-hetero) is 1. The third-order valence-corrected chi connectivity index (χ3v) is 19.7. The molecule has 78 heavy (non-hydrogen) atoms. The van der Waals surface area contributed by atoms with Crippen LogP contribution in [0.1, 0.15) is 216 Å². The Hall–Kier alpha value is -5.28. The molecule has 15 nitrogen and oxygen atoms in total. The predicted molar refractivity (Wildman–Crippen MR) is 304 cm³/mol. The summed E-state index contributed by atoms with van der Waals surface area (Å²) in [5.74, 6) is 1.88. The van der Waals surface area contributed by atoms with Gasteiger partial charge in [0.2, 0.25) is 0 Å². The first-order valence-electron chi connectivity index (χ1n) is 30.2. The number of carbonyl (C=O) groups is 3. The van der Waals surface area contributed by atoms with Crippen LogP contribution in [0.5, 0.6) is 0 Å². The topological polar surface area (TPSA) is 179 Å². The third-order valence-electron chi connectivity index (χ3n) is 19.7. The lowest BCUT2D eigenvalue weighted by Crippen LogP contribution is -2.58. The molecule has 4 aliphatic carbocycles. The predicted octanol–water partition coefficient (Wildman–Crippen LogP) is 11.6. The van der Waals surface area contributed by atoms with Crippen LogP contribution in [-0.4, -0.2) is 107 Å². The van der Waals surface area contributed by atoms with Crippen LogP contribution in [0.2, 0.25) is 0 Å². The number of hydrogen-bond donors (Lipinski definition) is 1. The van der Waals surface area contributed by atoms with Gasteiger partial charge < -0.3 is 23.8 Å². The number of ketones is 1. The Balaban J connectivity index is 0.000000174. The first-order valence-corrected chi connectivity index (χ1v) is 30.2. The standard InChI is InChI=1S/C31H42N4O4.C31H41N3O4.CH4/c1-2-39-33-27(13-14-29(36)37)30-31(38)35(28-12-4-3-11-26(28)32-30)25-18-22-9-6-10-23(19-25)34(22)24-16-20-7-5-8-21(15-20)17-24;1-2-38-29(36)14-13-28(35)30-31(37)34(27-12-4-3-11-26(27)32-30)25-18-22-9-6-10-23(19-25)33(22)24-16-20-7-5-8-21(15-20)17-24;/h3-4,11-12,20-25H,2,5-10,13-19H2,1H3,(H,36,37);3-4,11-12,20-25H,2,5-10,13-19H2,1H3;1H4/b33-27+;;/t2*20?,21?,22-,23+,24?,25?;. The van der Waals surface area contributed by atoms with Crippen molar-refractivity contribution in [3.05, 3.63) is 80.6 Å². The molecule has 8 fully saturated rings. The molecule has 422 valence electrons. The number of para-hydroxylation sites is 4. The molecular formula is C63H87N7O8. The van der Waals surface area contributed by atoms with Gasteiger partial charge >= 0.3 is 11.9 Å². The van der Waals surface area contributed by atoms with E-state index in [0.717, 1.165) is 65.9 Å². The van der Waals surface area contributed by atoms with Crippen LogP contribution in [0.15, 0.2) is 63.3 Å². The van der Waals surface area contributed by atoms with Gasteiger partial charge in [0.25, 0.3) is 11.1 Å². The summed E-state index contributed by atoms with van der Waals surface area (Å²) in [4.78, 5) is 84.7. The number of oxime groups is 1. The second-order valence-corrected chi connectivity index (χ2v) is 24.5. The largest absolute Gasteiger partial charge is 0.481 e. The quantitative estimate of drug-likeness (QED) is 0.0516. The Labute approximate surface area is 460 Å². The molecule has 4 aromatic rings. The molecule has 10 atom stereocenters. The van der Waals surface area contributed by atoms with Gasteiger partial charge in [0.1, 0.15) is 12.3 Å². The van der Waals surface area contributed by atoms with E-state index < -0.39 is 11.9 Å². The lowest BCUT2D eigenvalue weighted by atomic mass is 9.68. The van der Waals surface area contributed by atoms with Crippen molar-refractivity contribution in [2.24, 2.45) is 28.8 Å². The summed E-state index contributed by atoms with van der Waals surface area (Å²) in [6.07, 6.45) is 27.8. The summed E-state index contributed by atoms with van der Waals surface area (Å²) in [5, 5.41) is 13.5. The fourth-order valence-electron chi connectivity index (χ4n) is 16.8. The number of ether oxygens (including phenoxy) is 1. The average molecular weight is 1070 g/mol. The highest BCUT2D eigenvalue weighted by Gasteiger charge is 2.47. The van der Waals surface area contributed by atoms with E-state index in [1.54, 1.807) is 6.92 Å². The minimum absolute atomic E-state index is 0. The zero-order valence-corrected chi connectivity index (χ0v) is 45.8. The summed E-state index contributed by atoms with van der Waals surface area (Å²) in [7, 11) is 0. The summed E-state index contributed by atoms with van der Waals surface area (Å²) in [6.45, 7) is 4.17. The molecule has 0 radical (unpaired) electrons. The zero-order valence-electron chi connectivity index (χ0n) is 45.8. The lowest BCUT2D eigenvalue weighted by Gasteiger charge is -2.55. The molecule has 8 bridgehead atoms. The smallest absolute Gasteiger partial charge is 0.306 e. The Bertz CT molecular complexity index is 2880. The zero-order chi connectivity index (χ0) is 53.2. The highest BCUT2D eigenvalue weighted by atomic mass is 16.6. The fraction of sp³-hybridized carbons (Fsp3) is 0.683. The van der Waals surface area contributed by atoms with E-state index in [2.05, 4.69) is 19.9 Å². The van der Waals surface area contributed by atoms with Crippen LogP contribution in [0.4, 0.5) is 0 Å². The lowest BCUT2D eigenvalue weighted by molar-refractivity contribution is -0.143. The van der Waals surface area contributed by atoms with Gasteiger partial charge in [-0.25, -0.2) is 9.97 Å². The molecular weight excluding hydrogens is 983 g/mol. The van der Waals surface area contributed by atoms with Gasteiger partial charge in [-0.15, -0.1) is 0 Å². The van der Waals surface area contributed by atoms with Crippen LogP contribution in [0.3, 0.4) is 0 Å². The molecule has 6 unspecified atom stereocenters. The van der Waals surface area contributed by atoms with Crippen LogP contribution >= 0.6 is 0 Å². The van der Waals surface area contributed by atoms with Crippen LogP contribution in [-0.2, 0) is 19.2 Å². The highest BCUT2D eigenvalue weighted by molar-refractivity contribution is 6.01. The Kier molecular flexibility index (Phi) is 18.0. The molecule has 2 aromatic carbocycles. The van der Waals surface area contributed by atoms with Crippen molar-refractivity contribution in [1.82, 2.24) is 28.9 Å². The van der Waals surface area contributed by atoms with Crippen molar-refractivity contribution in [2.75, 3.05) is 13.2 Å². The van der Waals surface area contributed by atoms with Crippen LogP contribution in [0.25, 0.3) is 22.1 Å². The van der Waals surface area contributed by atoms with Crippen molar-refractivity contribution in [3.8, 4) is 0 Å². The number of rotatable bonds is 15. The van der Waals surface area contributed by atoms with E-state index in [1.807, 2.05) is 64.6 Å². The Morgan fingerprint density at radius 1 is 0.526 bits per heavy atom. The number of nitrogens with zero attached hydrogens (tertiary/aromatic N) is 7. The number of benzene rings is 2. The van der Waals surface area contributed by atoms with Gasteiger partial charge in [-0.3, -0.25) is 33.8 Å². The van der Waals surface area contributed by atoms with Gasteiger partial charge in [-0.2, -0.15) is 0 Å². The molecule has 8 aliphatic rings. The van der Waals surface area contributed by atoms with Crippen molar-refractivity contribution in [3.63, 3.8) is 0 Å². The number of carboxylic acids is 1. The second kappa shape index (κ2) is 25.0. The molecule has 2 aromatic heterocycles. The van der Waals surface area contributed by atoms with E-state index in [0.29, 0.717) is 54.1 Å². The Morgan fingerprint density at radius 3 is 1.41 bits per heavy atom. The second-order valence-electron chi connectivity index (χ2n) is 24.5. The molecule has 1 N–H and O–H groups in total. The number of piperidine rings is 4. The number of carbonyl (C=O) groups excluding carboxylic acids is 2. The van der Waals surface area contributed by atoms with Crippen molar-refractivity contribution in [1.29, 1.82) is 0 Å². The fourth-order valence-corrected chi connectivity index (χ4v) is 16.8.